The van der Waals surface area contributed by atoms with Gasteiger partial charge < -0.3 is 9.47 Å². The second-order valence-corrected chi connectivity index (χ2v) is 9.24. The highest BCUT2D eigenvalue weighted by Crippen LogP contribution is 2.46. The molecule has 0 amide bonds. The van der Waals surface area contributed by atoms with Crippen LogP contribution in [-0.2, 0) is 16.0 Å². The fraction of sp³-hybridized carbons (Fsp3) is 0.345. The molecule has 1 unspecified atom stereocenters. The lowest BCUT2D eigenvalue weighted by molar-refractivity contribution is -0.151. The maximum absolute atomic E-state index is 11.6. The number of hydrogen-bond acceptors (Lipinski definition) is 3. The van der Waals surface area contributed by atoms with Crippen LogP contribution >= 0.6 is 0 Å². The smallest absolute Gasteiger partial charge is 0.308 e. The summed E-state index contributed by atoms with van der Waals surface area (Å²) in [6.45, 7) is 2.18. The van der Waals surface area contributed by atoms with Gasteiger partial charge in [-0.3, -0.25) is 4.79 Å². The van der Waals surface area contributed by atoms with Crippen LogP contribution in [0, 0.1) is 12.8 Å². The van der Waals surface area contributed by atoms with Gasteiger partial charge in [0.05, 0.1) is 13.0 Å². The molecule has 2 aliphatic rings. The van der Waals surface area contributed by atoms with Crippen LogP contribution in [0.5, 0.6) is 5.75 Å². The molecule has 1 fully saturated rings. The quantitative estimate of drug-likeness (QED) is 0.457. The van der Waals surface area contributed by atoms with E-state index >= 15 is 0 Å². The van der Waals surface area contributed by atoms with Crippen molar-refractivity contribution in [3.63, 3.8) is 0 Å². The fourth-order valence-electron chi connectivity index (χ4n) is 5.39. The van der Waals surface area contributed by atoms with Crippen LogP contribution < -0.4 is 4.74 Å². The first-order valence-corrected chi connectivity index (χ1v) is 11.6. The molecule has 164 valence electrons. The molecule has 3 aromatic rings. The Morgan fingerprint density at radius 2 is 1.66 bits per heavy atom. The van der Waals surface area contributed by atoms with Crippen LogP contribution in [0.2, 0.25) is 0 Å². The number of benzene rings is 3. The predicted molar refractivity (Wildman–Crippen MR) is 126 cm³/mol. The number of carbonyl (C=O) groups excluding carboxylic acids is 1. The number of aryl methyl sites for hydroxylation is 2. The molecular weight excluding hydrogens is 396 g/mol. The summed E-state index contributed by atoms with van der Waals surface area (Å²) in [6, 6.07) is 26.5. The molecule has 0 heterocycles. The lowest BCUT2D eigenvalue weighted by Gasteiger charge is -2.35. The number of rotatable bonds is 5. The maximum atomic E-state index is 11.6. The van der Waals surface area contributed by atoms with Gasteiger partial charge in [-0.2, -0.15) is 0 Å². The summed E-state index contributed by atoms with van der Waals surface area (Å²) >= 11 is 0. The van der Waals surface area contributed by atoms with E-state index in [1.165, 1.54) is 34.9 Å². The Labute approximate surface area is 190 Å². The molecule has 0 aliphatic heterocycles. The van der Waals surface area contributed by atoms with E-state index < -0.39 is 0 Å². The minimum Gasteiger partial charge on any atom is -0.490 e. The zero-order valence-electron chi connectivity index (χ0n) is 18.8. The highest BCUT2D eigenvalue weighted by Gasteiger charge is 2.37. The maximum Gasteiger partial charge on any atom is 0.308 e. The molecule has 0 N–H and O–H groups in total. The molecule has 3 nitrogen and oxygen atoms in total. The van der Waals surface area contributed by atoms with Crippen molar-refractivity contribution in [3.8, 4) is 5.75 Å². The van der Waals surface area contributed by atoms with E-state index in [4.69, 9.17) is 9.47 Å². The number of ether oxygens (including phenoxy) is 2. The van der Waals surface area contributed by atoms with Crippen LogP contribution in [0.1, 0.15) is 58.9 Å². The largest absolute Gasteiger partial charge is 0.490 e. The molecule has 3 heteroatoms. The number of hydrogen-bond donors (Lipinski definition) is 0. The van der Waals surface area contributed by atoms with Crippen LogP contribution in [-0.4, -0.2) is 19.2 Å². The Morgan fingerprint density at radius 1 is 0.906 bits per heavy atom. The molecule has 0 aromatic heterocycles. The molecule has 3 aromatic carbocycles. The van der Waals surface area contributed by atoms with E-state index in [2.05, 4.69) is 79.7 Å². The Balaban J connectivity index is 1.39. The predicted octanol–water partition coefficient (Wildman–Crippen LogP) is 6.19. The Bertz CT molecular complexity index is 1080. The first kappa shape index (κ1) is 20.8. The Morgan fingerprint density at radius 3 is 2.38 bits per heavy atom. The molecule has 1 saturated carbocycles. The monoisotopic (exact) mass is 426 g/mol. The van der Waals surface area contributed by atoms with E-state index in [0.29, 0.717) is 11.8 Å². The minimum atomic E-state index is -0.127. The van der Waals surface area contributed by atoms with E-state index in [0.717, 1.165) is 31.4 Å². The van der Waals surface area contributed by atoms with Gasteiger partial charge in [0.25, 0.3) is 0 Å². The first-order chi connectivity index (χ1) is 15.6. The number of fused-ring (bicyclic) bond motifs is 1. The summed E-state index contributed by atoms with van der Waals surface area (Å²) in [7, 11) is 1.45. The van der Waals surface area contributed by atoms with Crippen molar-refractivity contribution in [1.82, 2.24) is 0 Å². The van der Waals surface area contributed by atoms with Gasteiger partial charge in [-0.25, -0.2) is 0 Å². The third kappa shape index (κ3) is 4.04. The Hall–Kier alpha value is -3.07. The first-order valence-electron chi connectivity index (χ1n) is 11.6. The van der Waals surface area contributed by atoms with Crippen molar-refractivity contribution in [2.24, 2.45) is 5.92 Å². The fourth-order valence-corrected chi connectivity index (χ4v) is 5.39. The summed E-state index contributed by atoms with van der Waals surface area (Å²) in [5.41, 5.74) is 7.00. The lowest BCUT2D eigenvalue weighted by Crippen LogP contribution is -2.38. The summed E-state index contributed by atoms with van der Waals surface area (Å²) < 4.78 is 10.9. The molecular formula is C29H30O3. The number of methoxy groups -OCH3 is 1. The second kappa shape index (κ2) is 8.82. The van der Waals surface area contributed by atoms with Crippen molar-refractivity contribution in [1.29, 1.82) is 0 Å². The summed E-state index contributed by atoms with van der Waals surface area (Å²) in [4.78, 5) is 11.6. The topological polar surface area (TPSA) is 35.5 Å². The van der Waals surface area contributed by atoms with Crippen LogP contribution in [0.25, 0.3) is 0 Å². The van der Waals surface area contributed by atoms with Crippen LogP contribution in [0.4, 0.5) is 0 Å². The van der Waals surface area contributed by atoms with Crippen molar-refractivity contribution in [2.75, 3.05) is 7.11 Å². The summed E-state index contributed by atoms with van der Waals surface area (Å²) in [5.74, 6) is 1.53. The van der Waals surface area contributed by atoms with Gasteiger partial charge in [0.15, 0.2) is 0 Å². The van der Waals surface area contributed by atoms with Gasteiger partial charge in [-0.1, -0.05) is 66.2 Å². The number of carbonyl (C=O) groups is 1. The second-order valence-electron chi connectivity index (χ2n) is 9.24. The van der Waals surface area contributed by atoms with Gasteiger partial charge in [-0.15, -0.1) is 0 Å². The number of esters is 1. The SMILES string of the molecule is COC(=O)C1CC(Oc2ccc(C3c4ccc(C)cc4CC[C@@H]3c3ccccc3)cc2)C1. The normalized spacial score (nSPS) is 24.2. The van der Waals surface area contributed by atoms with Gasteiger partial charge in [-0.05, 0) is 72.9 Å². The highest BCUT2D eigenvalue weighted by atomic mass is 16.5. The average molecular weight is 427 g/mol. The Kier molecular flexibility index (Phi) is 5.73. The summed E-state index contributed by atoms with van der Waals surface area (Å²) in [6.07, 6.45) is 3.85. The molecule has 0 bridgehead atoms. The van der Waals surface area contributed by atoms with Crippen LogP contribution in [0.15, 0.2) is 72.8 Å². The highest BCUT2D eigenvalue weighted by molar-refractivity contribution is 5.73. The van der Waals surface area contributed by atoms with Crippen molar-refractivity contribution >= 4 is 5.97 Å². The van der Waals surface area contributed by atoms with Crippen molar-refractivity contribution in [3.05, 3.63) is 101 Å². The van der Waals surface area contributed by atoms with E-state index in [1.54, 1.807) is 0 Å². The van der Waals surface area contributed by atoms with Gasteiger partial charge >= 0.3 is 5.97 Å². The van der Waals surface area contributed by atoms with E-state index in [-0.39, 0.29) is 18.0 Å². The van der Waals surface area contributed by atoms with E-state index in [9.17, 15) is 4.79 Å². The van der Waals surface area contributed by atoms with Crippen molar-refractivity contribution < 1.29 is 14.3 Å². The lowest BCUT2D eigenvalue weighted by atomic mass is 9.69. The minimum absolute atomic E-state index is 0.0156. The standard InChI is InChI=1S/C29H30O3/c1-19-8-14-27-22(16-19)11-15-26(20-6-4-3-5-7-20)28(27)21-9-12-24(13-10-21)32-25-17-23(18-25)29(30)31-2/h3-10,12-14,16,23,25-26,28H,11,15,17-18H2,1-2H3/t23?,25?,26-,28?/m1/s1. The molecule has 0 saturated heterocycles. The average Bonchev–Trinajstić information content (AvgIpc) is 2.81. The van der Waals surface area contributed by atoms with E-state index in [1.807, 2.05) is 0 Å². The van der Waals surface area contributed by atoms with Gasteiger partial charge in [0.2, 0.25) is 0 Å². The molecule has 0 spiro atoms. The molecule has 32 heavy (non-hydrogen) atoms. The zero-order valence-corrected chi connectivity index (χ0v) is 18.8. The van der Waals surface area contributed by atoms with Gasteiger partial charge in [0.1, 0.15) is 11.9 Å². The van der Waals surface area contributed by atoms with Gasteiger partial charge in [0, 0.05) is 5.92 Å². The third-order valence-electron chi connectivity index (χ3n) is 7.16. The molecule has 2 aliphatic carbocycles. The van der Waals surface area contributed by atoms with Crippen LogP contribution in [0.3, 0.4) is 0 Å². The molecule has 5 rings (SSSR count). The third-order valence-corrected chi connectivity index (χ3v) is 7.16. The molecule has 2 atom stereocenters. The summed E-state index contributed by atoms with van der Waals surface area (Å²) in [5, 5.41) is 0. The molecule has 0 radical (unpaired) electrons. The van der Waals surface area contributed by atoms with Crippen molar-refractivity contribution in [2.45, 2.75) is 50.5 Å². The zero-order chi connectivity index (χ0) is 22.1.